The van der Waals surface area contributed by atoms with E-state index in [9.17, 15) is 14.0 Å². The van der Waals surface area contributed by atoms with Crippen LogP contribution in [-0.4, -0.2) is 62.2 Å². The topological polar surface area (TPSA) is 72.2 Å². The summed E-state index contributed by atoms with van der Waals surface area (Å²) in [5, 5.41) is 0.130. The Morgan fingerprint density at radius 3 is 2.53 bits per heavy atom. The molecule has 0 bridgehead atoms. The fourth-order valence-electron chi connectivity index (χ4n) is 4.43. The number of morpholine rings is 1. The Hall–Kier alpha value is -3.23. The molecule has 1 atom stereocenters. The van der Waals surface area contributed by atoms with Gasteiger partial charge in [-0.3, -0.25) is 14.5 Å². The van der Waals surface area contributed by atoms with Crippen LogP contribution < -0.4 is 10.2 Å². The van der Waals surface area contributed by atoms with Crippen LogP contribution in [-0.2, 0) is 4.74 Å². The number of methoxy groups -OCH3 is 1. The van der Waals surface area contributed by atoms with E-state index in [2.05, 4.69) is 4.90 Å². The molecule has 1 aromatic heterocycles. The zero-order valence-corrected chi connectivity index (χ0v) is 17.7. The first-order valence-corrected chi connectivity index (χ1v) is 10.6. The van der Waals surface area contributed by atoms with E-state index >= 15 is 0 Å². The molecule has 1 unspecified atom stereocenters. The summed E-state index contributed by atoms with van der Waals surface area (Å²) in [4.78, 5) is 30.7. The lowest BCUT2D eigenvalue weighted by Gasteiger charge is -2.31. The lowest BCUT2D eigenvalue weighted by molar-refractivity contribution is 0.0314. The summed E-state index contributed by atoms with van der Waals surface area (Å²) >= 11 is 0. The van der Waals surface area contributed by atoms with Crippen molar-refractivity contribution in [3.05, 3.63) is 75.4 Å². The maximum absolute atomic E-state index is 13.9. The molecule has 0 saturated carbocycles. The fourth-order valence-corrected chi connectivity index (χ4v) is 4.43. The van der Waals surface area contributed by atoms with Gasteiger partial charge in [-0.2, -0.15) is 0 Å². The number of halogens is 1. The van der Waals surface area contributed by atoms with E-state index in [1.165, 1.54) is 12.1 Å². The largest absolute Gasteiger partial charge is 0.497 e. The molecule has 3 aromatic rings. The van der Waals surface area contributed by atoms with Crippen LogP contribution in [0.2, 0.25) is 0 Å². The zero-order chi connectivity index (χ0) is 22.2. The van der Waals surface area contributed by atoms with Crippen LogP contribution >= 0.6 is 0 Å². The SMILES string of the molecule is COc1ccc(C2c3c(oc4ccc(F)cc4c3=O)C(=O)N2CCN2CCOCC2)cc1. The van der Waals surface area contributed by atoms with Crippen molar-refractivity contribution in [2.75, 3.05) is 46.5 Å². The molecule has 7 nitrogen and oxygen atoms in total. The van der Waals surface area contributed by atoms with Crippen molar-refractivity contribution in [3.63, 3.8) is 0 Å². The maximum atomic E-state index is 13.9. The molecule has 3 heterocycles. The summed E-state index contributed by atoms with van der Waals surface area (Å²) in [5.74, 6) is -0.167. The minimum absolute atomic E-state index is 0.0249. The lowest BCUT2D eigenvalue weighted by Crippen LogP contribution is -2.42. The zero-order valence-electron chi connectivity index (χ0n) is 17.7. The lowest BCUT2D eigenvalue weighted by atomic mass is 9.98. The van der Waals surface area contributed by atoms with Crippen LogP contribution in [0.3, 0.4) is 0 Å². The Morgan fingerprint density at radius 2 is 1.81 bits per heavy atom. The Balaban J connectivity index is 1.60. The summed E-state index contributed by atoms with van der Waals surface area (Å²) in [6.07, 6.45) is 0. The minimum atomic E-state index is -0.617. The molecule has 5 rings (SSSR count). The maximum Gasteiger partial charge on any atom is 0.290 e. The number of carbonyl (C=O) groups is 1. The summed E-state index contributed by atoms with van der Waals surface area (Å²) < 4.78 is 30.4. The van der Waals surface area contributed by atoms with E-state index in [4.69, 9.17) is 13.9 Å². The Labute approximate surface area is 183 Å². The van der Waals surface area contributed by atoms with Crippen LogP contribution in [0.25, 0.3) is 11.0 Å². The van der Waals surface area contributed by atoms with Crippen LogP contribution in [0.15, 0.2) is 51.7 Å². The van der Waals surface area contributed by atoms with Gasteiger partial charge in [0.15, 0.2) is 5.43 Å². The molecule has 0 radical (unpaired) electrons. The highest BCUT2D eigenvalue weighted by molar-refractivity contribution is 5.99. The molecule has 2 aliphatic rings. The molecule has 0 aliphatic carbocycles. The molecule has 8 heteroatoms. The monoisotopic (exact) mass is 438 g/mol. The van der Waals surface area contributed by atoms with Crippen molar-refractivity contribution in [2.24, 2.45) is 0 Å². The third kappa shape index (κ3) is 3.55. The van der Waals surface area contributed by atoms with Crippen molar-refractivity contribution in [3.8, 4) is 5.75 Å². The van der Waals surface area contributed by atoms with Crippen LogP contribution in [0.5, 0.6) is 5.75 Å². The van der Waals surface area contributed by atoms with E-state index < -0.39 is 11.9 Å². The van der Waals surface area contributed by atoms with Gasteiger partial charge in [-0.25, -0.2) is 4.39 Å². The Kier molecular flexibility index (Phi) is 5.40. The van der Waals surface area contributed by atoms with E-state index in [1.807, 2.05) is 12.1 Å². The molecule has 1 amide bonds. The average Bonchev–Trinajstić information content (AvgIpc) is 3.10. The smallest absolute Gasteiger partial charge is 0.290 e. The molecule has 0 N–H and O–H groups in total. The highest BCUT2D eigenvalue weighted by Crippen LogP contribution is 2.38. The van der Waals surface area contributed by atoms with Crippen LogP contribution in [0.1, 0.15) is 27.7 Å². The predicted octanol–water partition coefficient (Wildman–Crippen LogP) is 2.82. The number of ether oxygens (including phenoxy) is 2. The van der Waals surface area contributed by atoms with Gasteiger partial charge in [-0.15, -0.1) is 0 Å². The van der Waals surface area contributed by atoms with Gasteiger partial charge >= 0.3 is 0 Å². The van der Waals surface area contributed by atoms with Gasteiger partial charge in [-0.05, 0) is 35.9 Å². The number of fused-ring (bicyclic) bond motifs is 2. The first-order valence-electron chi connectivity index (χ1n) is 10.6. The Bertz CT molecular complexity index is 1220. The van der Waals surface area contributed by atoms with Gasteiger partial charge in [0, 0.05) is 26.2 Å². The third-order valence-electron chi connectivity index (χ3n) is 6.12. The number of amides is 1. The van der Waals surface area contributed by atoms with E-state index in [0.29, 0.717) is 32.1 Å². The number of rotatable bonds is 5. The molecule has 1 fully saturated rings. The highest BCUT2D eigenvalue weighted by atomic mass is 19.1. The van der Waals surface area contributed by atoms with Crippen molar-refractivity contribution in [1.82, 2.24) is 9.80 Å². The molecule has 1 saturated heterocycles. The van der Waals surface area contributed by atoms with Gasteiger partial charge in [-0.1, -0.05) is 12.1 Å². The molecule has 2 aromatic carbocycles. The highest BCUT2D eigenvalue weighted by Gasteiger charge is 2.42. The molecular weight excluding hydrogens is 415 g/mol. The van der Waals surface area contributed by atoms with Crippen molar-refractivity contribution < 1.29 is 23.1 Å². The molecule has 166 valence electrons. The number of carbonyl (C=O) groups excluding carboxylic acids is 1. The Morgan fingerprint density at radius 1 is 1.06 bits per heavy atom. The van der Waals surface area contributed by atoms with E-state index in [1.54, 1.807) is 24.1 Å². The van der Waals surface area contributed by atoms with Crippen molar-refractivity contribution >= 4 is 16.9 Å². The second-order valence-electron chi connectivity index (χ2n) is 7.94. The molecule has 0 spiro atoms. The molecular formula is C24H23FN2O5. The summed E-state index contributed by atoms with van der Waals surface area (Å²) in [5.41, 5.74) is 0.832. The number of hydrogen-bond acceptors (Lipinski definition) is 6. The number of nitrogens with zero attached hydrogens (tertiary/aromatic N) is 2. The second kappa shape index (κ2) is 8.37. The normalized spacial score (nSPS) is 18.9. The third-order valence-corrected chi connectivity index (χ3v) is 6.12. The van der Waals surface area contributed by atoms with Crippen molar-refractivity contribution in [2.45, 2.75) is 6.04 Å². The predicted molar refractivity (Wildman–Crippen MR) is 116 cm³/mol. The average molecular weight is 438 g/mol. The first-order chi connectivity index (χ1) is 15.6. The van der Waals surface area contributed by atoms with Crippen LogP contribution in [0, 0.1) is 5.82 Å². The molecule has 32 heavy (non-hydrogen) atoms. The first kappa shape index (κ1) is 20.7. The minimum Gasteiger partial charge on any atom is -0.497 e. The number of hydrogen-bond donors (Lipinski definition) is 0. The van der Waals surface area contributed by atoms with Gasteiger partial charge in [0.25, 0.3) is 5.91 Å². The van der Waals surface area contributed by atoms with Gasteiger partial charge < -0.3 is 18.8 Å². The van der Waals surface area contributed by atoms with Crippen LogP contribution in [0.4, 0.5) is 4.39 Å². The quantitative estimate of drug-likeness (QED) is 0.610. The summed E-state index contributed by atoms with van der Waals surface area (Å²) in [6, 6.07) is 10.4. The molecule has 2 aliphatic heterocycles. The van der Waals surface area contributed by atoms with E-state index in [0.717, 1.165) is 24.7 Å². The second-order valence-corrected chi connectivity index (χ2v) is 7.94. The standard InChI is InChI=1S/C24H23FN2O5/c1-30-17-5-2-15(3-6-17)21-20-22(28)18-14-16(25)4-7-19(18)32-23(20)24(29)27(21)9-8-26-10-12-31-13-11-26/h2-7,14,21H,8-13H2,1H3. The summed E-state index contributed by atoms with van der Waals surface area (Å²) in [6.45, 7) is 3.98. The van der Waals surface area contributed by atoms with Gasteiger partial charge in [0.1, 0.15) is 17.1 Å². The fraction of sp³-hybridized carbons (Fsp3) is 0.333. The van der Waals surface area contributed by atoms with Gasteiger partial charge in [0.2, 0.25) is 5.76 Å². The van der Waals surface area contributed by atoms with E-state index in [-0.39, 0.29) is 33.6 Å². The van der Waals surface area contributed by atoms with Crippen molar-refractivity contribution in [1.29, 1.82) is 0 Å². The summed E-state index contributed by atoms with van der Waals surface area (Å²) in [7, 11) is 1.58. The van der Waals surface area contributed by atoms with Gasteiger partial charge in [0.05, 0.1) is 37.3 Å². The number of benzene rings is 2.